The number of thiophene rings is 1. The Labute approximate surface area is 207 Å². The molecule has 1 saturated heterocycles. The second kappa shape index (κ2) is 9.05. The highest BCUT2D eigenvalue weighted by Gasteiger charge is 2.17. The maximum Gasteiger partial charge on any atom is 0.157 e. The zero-order valence-corrected chi connectivity index (χ0v) is 20.0. The third kappa shape index (κ3) is 4.22. The Kier molecular flexibility index (Phi) is 5.60. The molecule has 5 heterocycles. The number of benzene rings is 1. The SMILES string of the molecule is N=C(c1nc2c(-c3ccsc3)cncc2[nH]1)c1cc(-c2cncc(CN3CCCC3)c2)ccc1N. The van der Waals surface area contributed by atoms with Crippen LogP contribution in [-0.4, -0.2) is 43.6 Å². The summed E-state index contributed by atoms with van der Waals surface area (Å²) in [6, 6.07) is 10.0. The second-order valence-corrected chi connectivity index (χ2v) is 9.70. The first-order chi connectivity index (χ1) is 17.2. The monoisotopic (exact) mass is 479 g/mol. The fraction of sp³-hybridized carbons (Fsp3) is 0.185. The predicted molar refractivity (Wildman–Crippen MR) is 142 cm³/mol. The smallest absolute Gasteiger partial charge is 0.157 e. The van der Waals surface area contributed by atoms with Crippen LogP contribution in [0.4, 0.5) is 5.69 Å². The first kappa shape index (κ1) is 21.6. The van der Waals surface area contributed by atoms with E-state index in [2.05, 4.69) is 31.3 Å². The van der Waals surface area contributed by atoms with Crippen molar-refractivity contribution in [3.63, 3.8) is 0 Å². The largest absolute Gasteiger partial charge is 0.398 e. The van der Waals surface area contributed by atoms with E-state index in [1.165, 1.54) is 18.4 Å². The lowest BCUT2D eigenvalue weighted by molar-refractivity contribution is 0.331. The number of aromatic nitrogens is 4. The minimum absolute atomic E-state index is 0.248. The number of nitrogens with one attached hydrogen (secondary N) is 2. The molecule has 0 radical (unpaired) electrons. The molecular weight excluding hydrogens is 454 g/mol. The Morgan fingerprint density at radius 1 is 1.00 bits per heavy atom. The molecule has 4 aromatic heterocycles. The van der Waals surface area contributed by atoms with E-state index in [4.69, 9.17) is 16.1 Å². The lowest BCUT2D eigenvalue weighted by Gasteiger charge is -2.15. The summed E-state index contributed by atoms with van der Waals surface area (Å²) in [5.74, 6) is 0.467. The van der Waals surface area contributed by atoms with Gasteiger partial charge in [-0.2, -0.15) is 11.3 Å². The molecule has 174 valence electrons. The summed E-state index contributed by atoms with van der Waals surface area (Å²) in [5.41, 5.74) is 14.6. The zero-order valence-electron chi connectivity index (χ0n) is 19.2. The number of nitrogens with two attached hydrogens (primary N) is 1. The van der Waals surface area contributed by atoms with Gasteiger partial charge < -0.3 is 10.7 Å². The standard InChI is InChI=1S/C27H25N7S/c28-23-4-3-18(20-9-17(11-30-12-20)15-34-6-1-2-7-34)10-21(23)25(29)27-32-24-14-31-13-22(26(24)33-27)19-5-8-35-16-19/h3-5,8-14,16,29H,1-2,6-7,15,28H2,(H,32,33). The van der Waals surface area contributed by atoms with Gasteiger partial charge in [-0.25, -0.2) is 4.98 Å². The second-order valence-electron chi connectivity index (χ2n) is 8.92. The summed E-state index contributed by atoms with van der Waals surface area (Å²) in [7, 11) is 0. The van der Waals surface area contributed by atoms with E-state index in [-0.39, 0.29) is 5.71 Å². The van der Waals surface area contributed by atoms with Crippen LogP contribution in [0.3, 0.4) is 0 Å². The number of fused-ring (bicyclic) bond motifs is 1. The van der Waals surface area contributed by atoms with Gasteiger partial charge in [-0.3, -0.25) is 20.3 Å². The summed E-state index contributed by atoms with van der Waals surface area (Å²) in [6.07, 6.45) is 9.90. The summed E-state index contributed by atoms with van der Waals surface area (Å²) < 4.78 is 0. The van der Waals surface area contributed by atoms with Gasteiger partial charge in [0.25, 0.3) is 0 Å². The van der Waals surface area contributed by atoms with Crippen LogP contribution in [0, 0.1) is 5.41 Å². The number of hydrogen-bond acceptors (Lipinski definition) is 7. The molecule has 5 aromatic rings. The molecule has 35 heavy (non-hydrogen) atoms. The van der Waals surface area contributed by atoms with Gasteiger partial charge >= 0.3 is 0 Å². The van der Waals surface area contributed by atoms with Gasteiger partial charge in [0.1, 0.15) is 11.2 Å². The zero-order chi connectivity index (χ0) is 23.8. The molecule has 0 amide bonds. The molecule has 0 atom stereocenters. The summed E-state index contributed by atoms with van der Waals surface area (Å²) in [4.78, 5) is 19.3. The van der Waals surface area contributed by atoms with Crippen LogP contribution in [0.1, 0.15) is 29.8 Å². The van der Waals surface area contributed by atoms with Crippen molar-refractivity contribution in [3.05, 3.63) is 82.8 Å². The van der Waals surface area contributed by atoms with Crippen molar-refractivity contribution >= 4 is 33.8 Å². The van der Waals surface area contributed by atoms with Crippen LogP contribution in [0.15, 0.2) is 65.9 Å². The van der Waals surface area contributed by atoms with Crippen molar-refractivity contribution in [1.29, 1.82) is 5.41 Å². The molecule has 0 aliphatic carbocycles. The van der Waals surface area contributed by atoms with Gasteiger partial charge in [-0.15, -0.1) is 0 Å². The summed E-state index contributed by atoms with van der Waals surface area (Å²) in [6.45, 7) is 3.21. The topological polar surface area (TPSA) is 108 Å². The first-order valence-corrected chi connectivity index (χ1v) is 12.6. The highest BCUT2D eigenvalue weighted by atomic mass is 32.1. The Morgan fingerprint density at radius 2 is 1.86 bits per heavy atom. The van der Waals surface area contributed by atoms with Crippen molar-refractivity contribution in [2.75, 3.05) is 18.8 Å². The third-order valence-corrected chi connectivity index (χ3v) is 7.20. The molecule has 0 spiro atoms. The van der Waals surface area contributed by atoms with Crippen molar-refractivity contribution in [1.82, 2.24) is 24.8 Å². The molecule has 1 fully saturated rings. The first-order valence-electron chi connectivity index (χ1n) is 11.7. The van der Waals surface area contributed by atoms with Crippen LogP contribution in [0.5, 0.6) is 0 Å². The third-order valence-electron chi connectivity index (χ3n) is 6.52. The molecule has 4 N–H and O–H groups in total. The molecule has 6 rings (SSSR count). The van der Waals surface area contributed by atoms with E-state index >= 15 is 0 Å². The van der Waals surface area contributed by atoms with Gasteiger partial charge in [0.05, 0.1) is 11.7 Å². The number of nitrogen functional groups attached to an aromatic ring is 1. The number of pyridine rings is 2. The van der Waals surface area contributed by atoms with Crippen LogP contribution in [0.25, 0.3) is 33.3 Å². The van der Waals surface area contributed by atoms with Gasteiger partial charge in [-0.1, -0.05) is 6.07 Å². The van der Waals surface area contributed by atoms with Gasteiger partial charge in [0.15, 0.2) is 5.82 Å². The molecule has 1 aromatic carbocycles. The number of imidazole rings is 1. The lowest BCUT2D eigenvalue weighted by atomic mass is 9.99. The molecule has 1 aliphatic heterocycles. The quantitative estimate of drug-likeness (QED) is 0.225. The van der Waals surface area contributed by atoms with E-state index < -0.39 is 0 Å². The maximum absolute atomic E-state index is 8.93. The average molecular weight is 480 g/mol. The van der Waals surface area contributed by atoms with Crippen molar-refractivity contribution in [2.24, 2.45) is 0 Å². The van der Waals surface area contributed by atoms with Crippen LogP contribution < -0.4 is 5.73 Å². The van der Waals surface area contributed by atoms with Gasteiger partial charge in [0, 0.05) is 47.5 Å². The fourth-order valence-electron chi connectivity index (χ4n) is 4.69. The van der Waals surface area contributed by atoms with E-state index in [9.17, 15) is 0 Å². The molecule has 7 nitrogen and oxygen atoms in total. The van der Waals surface area contributed by atoms with Crippen molar-refractivity contribution < 1.29 is 0 Å². The average Bonchev–Trinajstić information content (AvgIpc) is 3.66. The molecule has 1 aliphatic rings. The number of H-pyrrole nitrogens is 1. The number of anilines is 1. The minimum Gasteiger partial charge on any atom is -0.398 e. The lowest BCUT2D eigenvalue weighted by Crippen LogP contribution is -2.18. The molecule has 0 saturated carbocycles. The number of hydrogen-bond donors (Lipinski definition) is 3. The van der Waals surface area contributed by atoms with E-state index in [0.717, 1.165) is 52.9 Å². The molecular formula is C27H25N7S. The number of likely N-dealkylation sites (tertiary alicyclic amines) is 1. The molecule has 0 unspecified atom stereocenters. The normalized spacial score (nSPS) is 14.1. The number of nitrogens with zero attached hydrogens (tertiary/aromatic N) is 4. The maximum atomic E-state index is 8.93. The Bertz CT molecular complexity index is 1510. The van der Waals surface area contributed by atoms with E-state index in [1.54, 1.807) is 17.5 Å². The van der Waals surface area contributed by atoms with E-state index in [0.29, 0.717) is 17.1 Å². The van der Waals surface area contributed by atoms with E-state index in [1.807, 2.05) is 48.2 Å². The molecule has 0 bridgehead atoms. The van der Waals surface area contributed by atoms with Gasteiger partial charge in [0.2, 0.25) is 0 Å². The highest BCUT2D eigenvalue weighted by molar-refractivity contribution is 7.08. The van der Waals surface area contributed by atoms with Crippen molar-refractivity contribution in [3.8, 4) is 22.3 Å². The van der Waals surface area contributed by atoms with Crippen LogP contribution in [0.2, 0.25) is 0 Å². The minimum atomic E-state index is 0.248. The Morgan fingerprint density at radius 3 is 2.69 bits per heavy atom. The van der Waals surface area contributed by atoms with Gasteiger partial charge in [-0.05, 0) is 77.6 Å². The van der Waals surface area contributed by atoms with Crippen LogP contribution in [-0.2, 0) is 6.54 Å². The predicted octanol–water partition coefficient (Wildman–Crippen LogP) is 5.34. The fourth-order valence-corrected chi connectivity index (χ4v) is 5.35. The Balaban J connectivity index is 1.34. The van der Waals surface area contributed by atoms with Crippen LogP contribution >= 0.6 is 11.3 Å². The summed E-state index contributed by atoms with van der Waals surface area (Å²) in [5, 5.41) is 13.0. The highest BCUT2D eigenvalue weighted by Crippen LogP contribution is 2.30. The number of aromatic amines is 1. The van der Waals surface area contributed by atoms with Crippen molar-refractivity contribution in [2.45, 2.75) is 19.4 Å². The molecule has 8 heteroatoms. The number of rotatable bonds is 6. The summed E-state index contributed by atoms with van der Waals surface area (Å²) >= 11 is 1.63. The Hall–Kier alpha value is -3.88.